The van der Waals surface area contributed by atoms with E-state index in [1.165, 1.54) is 0 Å². The van der Waals surface area contributed by atoms with Crippen LogP contribution in [0.2, 0.25) is 0 Å². The van der Waals surface area contributed by atoms with Crippen molar-refractivity contribution in [3.05, 3.63) is 42.5 Å². The van der Waals surface area contributed by atoms with Crippen LogP contribution in [0.1, 0.15) is 25.5 Å². The third kappa shape index (κ3) is 2.77. The molecule has 2 aromatic rings. The Labute approximate surface area is 124 Å². The number of carbonyl (C=O) groups is 1. The fraction of sp³-hybridized carbons (Fsp3) is 0.375. The molecular weight excluding hydrogens is 264 g/mol. The zero-order chi connectivity index (χ0) is 14.7. The van der Waals surface area contributed by atoms with Crippen molar-refractivity contribution in [3.63, 3.8) is 0 Å². The number of rotatable bonds is 5. The van der Waals surface area contributed by atoms with Crippen LogP contribution in [0, 0.1) is 0 Å². The number of carbonyl (C=O) groups excluding carboxylic acids is 1. The van der Waals surface area contributed by atoms with E-state index in [9.17, 15) is 4.79 Å². The van der Waals surface area contributed by atoms with Crippen LogP contribution < -0.4 is 10.2 Å². The number of aryl methyl sites for hydroxylation is 1. The summed E-state index contributed by atoms with van der Waals surface area (Å²) in [4.78, 5) is 18.0. The highest BCUT2D eigenvalue weighted by atomic mass is 16.2. The number of benzene rings is 1. The molecule has 0 aliphatic carbocycles. The topological polar surface area (TPSA) is 50.2 Å². The molecule has 0 bridgehead atoms. The van der Waals surface area contributed by atoms with Gasteiger partial charge < -0.3 is 14.8 Å². The first-order valence-corrected chi connectivity index (χ1v) is 7.42. The van der Waals surface area contributed by atoms with Gasteiger partial charge in [-0.2, -0.15) is 0 Å². The Morgan fingerprint density at radius 2 is 2.19 bits per heavy atom. The Morgan fingerprint density at radius 3 is 2.95 bits per heavy atom. The lowest BCUT2D eigenvalue weighted by atomic mass is 10.2. The molecule has 1 aliphatic heterocycles. The highest BCUT2D eigenvalue weighted by Gasteiger charge is 2.23. The fourth-order valence-corrected chi connectivity index (χ4v) is 2.73. The molecule has 21 heavy (non-hydrogen) atoms. The number of para-hydroxylation sites is 2. The van der Waals surface area contributed by atoms with Gasteiger partial charge in [-0.1, -0.05) is 12.1 Å². The Balaban J connectivity index is 1.78. The minimum atomic E-state index is 0.211. The number of nitrogens with zero attached hydrogens (tertiary/aromatic N) is 3. The van der Waals surface area contributed by atoms with Gasteiger partial charge in [0.05, 0.1) is 29.9 Å². The predicted molar refractivity (Wildman–Crippen MR) is 83.3 cm³/mol. The van der Waals surface area contributed by atoms with Gasteiger partial charge in [-0.3, -0.25) is 4.79 Å². The smallest absolute Gasteiger partial charge is 0.227 e. The van der Waals surface area contributed by atoms with E-state index < -0.39 is 0 Å². The highest BCUT2D eigenvalue weighted by molar-refractivity contribution is 5.98. The molecule has 5 nitrogen and oxygen atoms in total. The minimum absolute atomic E-state index is 0.211. The van der Waals surface area contributed by atoms with Crippen molar-refractivity contribution in [3.8, 4) is 0 Å². The molecule has 1 saturated heterocycles. The summed E-state index contributed by atoms with van der Waals surface area (Å²) in [6.07, 6.45) is 5.31. The van der Waals surface area contributed by atoms with Gasteiger partial charge >= 0.3 is 0 Å². The van der Waals surface area contributed by atoms with Crippen LogP contribution in [0.3, 0.4) is 0 Å². The van der Waals surface area contributed by atoms with Crippen molar-refractivity contribution in [1.29, 1.82) is 0 Å². The Kier molecular flexibility index (Phi) is 3.90. The van der Waals surface area contributed by atoms with E-state index in [1.807, 2.05) is 41.7 Å². The van der Waals surface area contributed by atoms with E-state index in [1.54, 1.807) is 0 Å². The molecule has 0 unspecified atom stereocenters. The molecule has 1 amide bonds. The average Bonchev–Trinajstić information content (AvgIpc) is 3.13. The molecule has 1 N–H and O–H groups in total. The molecule has 5 heteroatoms. The second-order valence-electron chi connectivity index (χ2n) is 5.19. The Morgan fingerprint density at radius 1 is 1.33 bits per heavy atom. The average molecular weight is 284 g/mol. The fourth-order valence-electron chi connectivity index (χ4n) is 2.73. The number of hydrogen-bond donors (Lipinski definition) is 1. The largest absolute Gasteiger partial charge is 0.378 e. The van der Waals surface area contributed by atoms with Crippen molar-refractivity contribution in [2.24, 2.45) is 0 Å². The highest BCUT2D eigenvalue weighted by Crippen LogP contribution is 2.29. The molecule has 2 heterocycles. The van der Waals surface area contributed by atoms with E-state index in [4.69, 9.17) is 0 Å². The number of nitrogens with one attached hydrogen (secondary N) is 1. The maximum atomic E-state index is 11.9. The van der Waals surface area contributed by atoms with E-state index in [-0.39, 0.29) is 5.91 Å². The molecule has 0 saturated carbocycles. The third-order valence-corrected chi connectivity index (χ3v) is 3.87. The van der Waals surface area contributed by atoms with Crippen molar-refractivity contribution in [2.45, 2.75) is 32.9 Å². The summed E-state index contributed by atoms with van der Waals surface area (Å²) in [5, 5.41) is 3.43. The van der Waals surface area contributed by atoms with Crippen molar-refractivity contribution >= 4 is 17.3 Å². The molecule has 1 aromatic carbocycles. The van der Waals surface area contributed by atoms with Crippen molar-refractivity contribution in [2.75, 3.05) is 16.8 Å². The molecule has 1 fully saturated rings. The number of aromatic nitrogens is 2. The van der Waals surface area contributed by atoms with E-state index >= 15 is 0 Å². The molecule has 1 aromatic heterocycles. The molecule has 0 atom stereocenters. The van der Waals surface area contributed by atoms with Crippen molar-refractivity contribution < 1.29 is 4.79 Å². The number of anilines is 2. The maximum Gasteiger partial charge on any atom is 0.227 e. The summed E-state index contributed by atoms with van der Waals surface area (Å²) in [6.45, 7) is 4.52. The van der Waals surface area contributed by atoms with Gasteiger partial charge in [0.1, 0.15) is 0 Å². The van der Waals surface area contributed by atoms with Gasteiger partial charge in [0.25, 0.3) is 0 Å². The molecule has 110 valence electrons. The van der Waals surface area contributed by atoms with Crippen LogP contribution in [0.4, 0.5) is 11.4 Å². The SMILES string of the molecule is CCn1cncc1CNc1ccccc1N1CCCC1=O. The van der Waals surface area contributed by atoms with Crippen LogP contribution in [0.25, 0.3) is 0 Å². The molecule has 0 radical (unpaired) electrons. The first-order chi connectivity index (χ1) is 10.3. The monoisotopic (exact) mass is 284 g/mol. The zero-order valence-electron chi connectivity index (χ0n) is 12.2. The summed E-state index contributed by atoms with van der Waals surface area (Å²) in [7, 11) is 0. The summed E-state index contributed by atoms with van der Waals surface area (Å²) in [5.41, 5.74) is 3.11. The van der Waals surface area contributed by atoms with E-state index in [0.29, 0.717) is 13.0 Å². The van der Waals surface area contributed by atoms with Crippen molar-refractivity contribution in [1.82, 2.24) is 9.55 Å². The second kappa shape index (κ2) is 5.99. The lowest BCUT2D eigenvalue weighted by molar-refractivity contribution is -0.117. The third-order valence-electron chi connectivity index (χ3n) is 3.87. The number of amides is 1. The lowest BCUT2D eigenvalue weighted by Gasteiger charge is -2.20. The van der Waals surface area contributed by atoms with Crippen LogP contribution in [0.15, 0.2) is 36.8 Å². The Bertz CT molecular complexity index is 635. The van der Waals surface area contributed by atoms with Crippen LogP contribution >= 0.6 is 0 Å². The van der Waals surface area contributed by atoms with Gasteiger partial charge in [-0.05, 0) is 25.5 Å². The van der Waals surface area contributed by atoms with Gasteiger partial charge in [-0.25, -0.2) is 4.98 Å². The standard InChI is InChI=1S/C16H20N4O/c1-2-19-12-17-10-13(19)11-18-14-6-3-4-7-15(14)20-9-5-8-16(20)21/h3-4,6-7,10,12,18H,2,5,8-9,11H2,1H3. The van der Waals surface area contributed by atoms with Gasteiger partial charge in [-0.15, -0.1) is 0 Å². The van der Waals surface area contributed by atoms with Gasteiger partial charge in [0, 0.05) is 25.7 Å². The summed E-state index contributed by atoms with van der Waals surface area (Å²) in [5.74, 6) is 0.211. The van der Waals surface area contributed by atoms with Crippen LogP contribution in [-0.4, -0.2) is 22.0 Å². The number of imidazole rings is 1. The molecule has 3 rings (SSSR count). The minimum Gasteiger partial charge on any atom is -0.378 e. The Hall–Kier alpha value is -2.30. The maximum absolute atomic E-state index is 11.9. The molecule has 1 aliphatic rings. The summed E-state index contributed by atoms with van der Waals surface area (Å²) in [6, 6.07) is 7.99. The quantitative estimate of drug-likeness (QED) is 0.918. The lowest BCUT2D eigenvalue weighted by Crippen LogP contribution is -2.24. The summed E-state index contributed by atoms with van der Waals surface area (Å²) >= 11 is 0. The number of hydrogen-bond acceptors (Lipinski definition) is 3. The van der Waals surface area contributed by atoms with Gasteiger partial charge in [0.15, 0.2) is 0 Å². The van der Waals surface area contributed by atoms with Crippen LogP contribution in [-0.2, 0) is 17.9 Å². The van der Waals surface area contributed by atoms with E-state index in [0.717, 1.165) is 36.6 Å². The zero-order valence-corrected chi connectivity index (χ0v) is 12.2. The normalized spacial score (nSPS) is 14.7. The molecular formula is C16H20N4O. The predicted octanol–water partition coefficient (Wildman–Crippen LogP) is 2.64. The van der Waals surface area contributed by atoms with E-state index in [2.05, 4.69) is 21.8 Å². The first kappa shape index (κ1) is 13.7. The molecule has 0 spiro atoms. The second-order valence-corrected chi connectivity index (χ2v) is 5.19. The first-order valence-electron chi connectivity index (χ1n) is 7.42. The summed E-state index contributed by atoms with van der Waals surface area (Å²) < 4.78 is 2.11. The van der Waals surface area contributed by atoms with Gasteiger partial charge in [0.2, 0.25) is 5.91 Å². The van der Waals surface area contributed by atoms with Crippen LogP contribution in [0.5, 0.6) is 0 Å².